The number of carbonyl (C=O) groups excluding carboxylic acids is 1. The van der Waals surface area contributed by atoms with Crippen LogP contribution in [0.3, 0.4) is 0 Å². The Balaban J connectivity index is 2.47. The minimum Gasteiger partial charge on any atom is -0.481 e. The number of methoxy groups -OCH3 is 2. The number of aliphatic hydroxyl groups is 1. The van der Waals surface area contributed by atoms with E-state index in [1.54, 1.807) is 0 Å². The van der Waals surface area contributed by atoms with Crippen molar-refractivity contribution in [3.05, 3.63) is 88.2 Å². The van der Waals surface area contributed by atoms with Gasteiger partial charge in [0.1, 0.15) is 0 Å². The molecule has 5 heteroatoms. The average Bonchev–Trinajstić information content (AvgIpc) is 3.37. The Bertz CT molecular complexity index is 954. The summed E-state index contributed by atoms with van der Waals surface area (Å²) in [6.07, 6.45) is 0. The summed E-state index contributed by atoms with van der Waals surface area (Å²) in [5.74, 6) is -0.892. The molecule has 1 unspecified atom stereocenters. The highest BCUT2D eigenvalue weighted by molar-refractivity contribution is 5.99. The molecule has 1 saturated carbocycles. The fourth-order valence-electron chi connectivity index (χ4n) is 3.94. The number of ether oxygens (including phenoxy) is 2. The molecule has 29 heavy (non-hydrogen) atoms. The minimum atomic E-state index is -1.45. The van der Waals surface area contributed by atoms with Gasteiger partial charge in [-0.15, -0.1) is 0 Å². The standard InChI is InChI=1S/C24H25NO4/c1-22(2,3)25-16-23(21(27)29-5)19(20(26)28-4)24(23,17-12-8-6-9-13-17)18-14-10-7-11-15-18/h6-15H,1-5H3/p+1/b20-19+. The monoisotopic (exact) mass is 392 g/mol. The quantitative estimate of drug-likeness (QED) is 0.606. The van der Waals surface area contributed by atoms with Gasteiger partial charge in [0, 0.05) is 20.8 Å². The number of hydrogen-bond donors (Lipinski definition) is 1. The second-order valence-corrected chi connectivity index (χ2v) is 8.00. The molecule has 1 atom stereocenters. The molecule has 0 aliphatic heterocycles. The largest absolute Gasteiger partial charge is 0.481 e. The van der Waals surface area contributed by atoms with Crippen LogP contribution in [0, 0.1) is 11.5 Å². The van der Waals surface area contributed by atoms with E-state index in [2.05, 4.69) is 10.9 Å². The molecular formula is C24H26NO4+. The summed E-state index contributed by atoms with van der Waals surface area (Å²) in [6, 6.07) is 22.1. The van der Waals surface area contributed by atoms with Crippen molar-refractivity contribution in [3.63, 3.8) is 0 Å². The van der Waals surface area contributed by atoms with Gasteiger partial charge in [0.05, 0.1) is 25.2 Å². The first-order valence-corrected chi connectivity index (χ1v) is 9.42. The lowest BCUT2D eigenvalue weighted by Crippen LogP contribution is -2.28. The highest BCUT2D eigenvalue weighted by Gasteiger charge is 2.85. The highest BCUT2D eigenvalue weighted by Crippen LogP contribution is 2.74. The number of carbonyl (C=O) groups is 1. The average molecular weight is 392 g/mol. The molecule has 5 nitrogen and oxygen atoms in total. The summed E-state index contributed by atoms with van der Waals surface area (Å²) >= 11 is 0. The van der Waals surface area contributed by atoms with Gasteiger partial charge >= 0.3 is 5.97 Å². The molecule has 2 aromatic carbocycles. The van der Waals surface area contributed by atoms with Crippen LogP contribution >= 0.6 is 0 Å². The highest BCUT2D eigenvalue weighted by atomic mass is 16.6. The summed E-state index contributed by atoms with van der Waals surface area (Å²) in [6.45, 7) is 5.75. The minimum absolute atomic E-state index is 0.334. The molecule has 1 N–H and O–H groups in total. The first kappa shape index (κ1) is 20.5. The molecule has 150 valence electrons. The van der Waals surface area contributed by atoms with Crippen LogP contribution in [-0.4, -0.2) is 30.8 Å². The van der Waals surface area contributed by atoms with Crippen LogP contribution in [-0.2, 0) is 19.7 Å². The van der Waals surface area contributed by atoms with Gasteiger partial charge in [-0.25, -0.2) is 4.79 Å². The molecule has 3 rings (SSSR count). The van der Waals surface area contributed by atoms with Gasteiger partial charge in [0.2, 0.25) is 5.41 Å². The van der Waals surface area contributed by atoms with E-state index in [1.165, 1.54) is 14.2 Å². The number of nitrogens with zero attached hydrogens (tertiary/aromatic N) is 1. The second-order valence-electron chi connectivity index (χ2n) is 8.00. The lowest BCUT2D eigenvalue weighted by atomic mass is 9.80. The number of benzene rings is 2. The van der Waals surface area contributed by atoms with Gasteiger partial charge in [0.25, 0.3) is 17.6 Å². The van der Waals surface area contributed by atoms with E-state index in [9.17, 15) is 9.90 Å². The zero-order valence-electron chi connectivity index (χ0n) is 17.4. The topological polar surface area (TPSA) is 60.1 Å². The third-order valence-electron chi connectivity index (χ3n) is 5.12. The summed E-state index contributed by atoms with van der Waals surface area (Å²) in [7, 11) is 2.69. The molecule has 0 radical (unpaired) electrons. The maximum atomic E-state index is 13.3. The van der Waals surface area contributed by atoms with E-state index in [-0.39, 0.29) is 5.95 Å². The lowest BCUT2D eigenvalue weighted by molar-refractivity contribution is -0.144. The van der Waals surface area contributed by atoms with Crippen molar-refractivity contribution in [1.29, 1.82) is 0 Å². The number of aliphatic hydroxyl groups excluding tert-OH is 1. The third kappa shape index (κ3) is 3.05. The van der Waals surface area contributed by atoms with Crippen molar-refractivity contribution < 1.29 is 19.4 Å². The van der Waals surface area contributed by atoms with Gasteiger partial charge in [-0.1, -0.05) is 65.5 Å². The molecule has 0 aromatic heterocycles. The molecule has 1 aliphatic rings. The summed E-state index contributed by atoms with van der Waals surface area (Å²) in [5.41, 5.74) is -0.977. The van der Waals surface area contributed by atoms with Crippen LogP contribution in [0.1, 0.15) is 31.9 Å². The molecule has 2 aromatic rings. The van der Waals surface area contributed by atoms with E-state index in [0.29, 0.717) is 5.57 Å². The number of hydrogen-bond acceptors (Lipinski definition) is 4. The normalized spacial score (nSPS) is 21.4. The maximum Gasteiger partial charge on any atom is 0.337 e. The van der Waals surface area contributed by atoms with E-state index in [1.807, 2.05) is 81.4 Å². The Hall–Kier alpha value is -3.26. The first-order chi connectivity index (χ1) is 13.8. The first-order valence-electron chi connectivity index (χ1n) is 9.42. The molecule has 0 bridgehead atoms. The molecule has 0 spiro atoms. The Morgan fingerprint density at radius 2 is 1.41 bits per heavy atom. The predicted molar refractivity (Wildman–Crippen MR) is 112 cm³/mol. The lowest BCUT2D eigenvalue weighted by Gasteiger charge is -2.19. The van der Waals surface area contributed by atoms with Crippen LogP contribution in [0.25, 0.3) is 4.85 Å². The van der Waals surface area contributed by atoms with Crippen LogP contribution in [0.15, 0.2) is 72.2 Å². The number of rotatable bonds is 4. The zero-order valence-corrected chi connectivity index (χ0v) is 17.4. The maximum absolute atomic E-state index is 13.3. The van der Waals surface area contributed by atoms with Crippen molar-refractivity contribution in [2.75, 3.05) is 14.2 Å². The van der Waals surface area contributed by atoms with Gasteiger partial charge in [0.15, 0.2) is 0 Å². The number of esters is 1. The van der Waals surface area contributed by atoms with Crippen molar-refractivity contribution in [2.24, 2.45) is 5.41 Å². The van der Waals surface area contributed by atoms with Gasteiger partial charge in [-0.05, 0) is 11.1 Å². The molecular weight excluding hydrogens is 366 g/mol. The summed E-state index contributed by atoms with van der Waals surface area (Å²) < 4.78 is 10.4. The second kappa shape index (κ2) is 7.29. The molecule has 0 amide bonds. The molecule has 1 aliphatic carbocycles. The molecule has 0 saturated heterocycles. The predicted octanol–water partition coefficient (Wildman–Crippen LogP) is 4.69. The Kier molecular flexibility index (Phi) is 5.15. The van der Waals surface area contributed by atoms with E-state index >= 15 is 0 Å². The van der Waals surface area contributed by atoms with Crippen molar-refractivity contribution in [2.45, 2.75) is 31.7 Å². The van der Waals surface area contributed by atoms with Crippen LogP contribution < -0.4 is 0 Å². The Morgan fingerprint density at radius 1 is 0.931 bits per heavy atom. The van der Waals surface area contributed by atoms with Crippen LogP contribution in [0.4, 0.5) is 0 Å². The summed E-state index contributed by atoms with van der Waals surface area (Å²) in [4.78, 5) is 17.8. The smallest absolute Gasteiger partial charge is 0.337 e. The van der Waals surface area contributed by atoms with Crippen molar-refractivity contribution >= 4 is 5.97 Å². The zero-order chi connectivity index (χ0) is 21.3. The van der Waals surface area contributed by atoms with E-state index in [0.717, 1.165) is 11.1 Å². The Labute approximate surface area is 171 Å². The SMILES string of the molecule is COC(=O)C1(C#[N+]C(C)(C)C)/C(=C(/O)OC)C1(c1ccccc1)c1ccccc1. The third-order valence-corrected chi connectivity index (χ3v) is 5.12. The van der Waals surface area contributed by atoms with Gasteiger partial charge < -0.3 is 14.6 Å². The van der Waals surface area contributed by atoms with E-state index < -0.39 is 22.3 Å². The van der Waals surface area contributed by atoms with Crippen molar-refractivity contribution in [1.82, 2.24) is 0 Å². The van der Waals surface area contributed by atoms with E-state index in [4.69, 9.17) is 9.47 Å². The van der Waals surface area contributed by atoms with Crippen molar-refractivity contribution in [3.8, 4) is 6.07 Å². The fourth-order valence-corrected chi connectivity index (χ4v) is 3.94. The van der Waals surface area contributed by atoms with Crippen LogP contribution in [0.2, 0.25) is 0 Å². The Morgan fingerprint density at radius 3 is 1.79 bits per heavy atom. The van der Waals surface area contributed by atoms with Gasteiger partial charge in [-0.2, -0.15) is 0 Å². The van der Waals surface area contributed by atoms with Crippen LogP contribution in [0.5, 0.6) is 0 Å². The van der Waals surface area contributed by atoms with Gasteiger partial charge in [-0.3, -0.25) is 0 Å². The molecule has 1 fully saturated rings. The molecule has 0 heterocycles. The summed E-state index contributed by atoms with van der Waals surface area (Å²) in [5, 5.41) is 10.7. The fraction of sp³-hybridized carbons (Fsp3) is 0.333.